The van der Waals surface area contributed by atoms with Crippen LogP contribution in [0.2, 0.25) is 0 Å². The number of likely N-dealkylation sites (N-methyl/N-ethyl adjacent to an activating group) is 1. The molecule has 0 saturated carbocycles. The lowest BCUT2D eigenvalue weighted by Gasteiger charge is -2.32. The molecule has 9 heteroatoms. The van der Waals surface area contributed by atoms with E-state index in [-0.39, 0.29) is 0 Å². The second-order valence-electron chi connectivity index (χ2n) is 6.16. The molecule has 1 aliphatic rings. The Labute approximate surface area is 161 Å². The van der Waals surface area contributed by atoms with E-state index in [0.717, 1.165) is 31.0 Å². The first kappa shape index (κ1) is 21.0. The third kappa shape index (κ3) is 5.60. The van der Waals surface area contributed by atoms with Crippen molar-refractivity contribution in [3.63, 3.8) is 0 Å². The molecule has 1 aliphatic heterocycles. The highest BCUT2D eigenvalue weighted by atomic mass is 32.2. The maximum absolute atomic E-state index is 13.1. The molecule has 0 aliphatic carbocycles. The van der Waals surface area contributed by atoms with Gasteiger partial charge in [0, 0.05) is 52.1 Å². The first-order chi connectivity index (χ1) is 12.5. The second-order valence-corrected chi connectivity index (χ2v) is 9.05. The van der Waals surface area contributed by atoms with Crippen molar-refractivity contribution in [1.82, 2.24) is 19.8 Å². The predicted molar refractivity (Wildman–Crippen MR) is 109 cm³/mol. The van der Waals surface area contributed by atoms with Crippen LogP contribution >= 0.6 is 11.8 Å². The van der Waals surface area contributed by atoms with Crippen molar-refractivity contribution in [3.05, 3.63) is 29.8 Å². The number of nitrogens with one attached hydrogen (secondary N) is 2. The number of aliphatic imine (C=N–C) groups is 1. The highest BCUT2D eigenvalue weighted by Gasteiger charge is 2.29. The van der Waals surface area contributed by atoms with E-state index >= 15 is 0 Å². The van der Waals surface area contributed by atoms with Crippen LogP contribution in [-0.4, -0.2) is 82.4 Å². The first-order valence-corrected chi connectivity index (χ1v) is 11.5. The molecular weight excluding hydrogens is 370 g/mol. The van der Waals surface area contributed by atoms with Crippen LogP contribution in [0.3, 0.4) is 0 Å². The van der Waals surface area contributed by atoms with Gasteiger partial charge >= 0.3 is 0 Å². The molecule has 146 valence electrons. The van der Waals surface area contributed by atoms with E-state index in [1.807, 2.05) is 19.2 Å². The zero-order valence-electron chi connectivity index (χ0n) is 15.7. The van der Waals surface area contributed by atoms with Crippen molar-refractivity contribution >= 4 is 27.7 Å². The molecule has 0 bridgehead atoms. The Morgan fingerprint density at radius 1 is 1.19 bits per heavy atom. The number of hydrogen-bond acceptors (Lipinski definition) is 5. The van der Waals surface area contributed by atoms with Gasteiger partial charge in [-0.2, -0.15) is 16.1 Å². The molecule has 1 heterocycles. The van der Waals surface area contributed by atoms with Crippen molar-refractivity contribution in [2.75, 3.05) is 58.8 Å². The van der Waals surface area contributed by atoms with Crippen LogP contribution in [0.5, 0.6) is 0 Å². The molecule has 1 fully saturated rings. The Hall–Kier alpha value is -1.29. The lowest BCUT2D eigenvalue weighted by atomic mass is 10.2. The van der Waals surface area contributed by atoms with Crippen LogP contribution in [0.25, 0.3) is 0 Å². The Kier molecular flexibility index (Phi) is 8.20. The number of thioether (sulfide) groups is 1. The van der Waals surface area contributed by atoms with Crippen molar-refractivity contribution in [2.45, 2.75) is 11.4 Å². The van der Waals surface area contributed by atoms with Crippen molar-refractivity contribution in [1.29, 1.82) is 0 Å². The van der Waals surface area contributed by atoms with Gasteiger partial charge in [0.2, 0.25) is 10.0 Å². The molecule has 26 heavy (non-hydrogen) atoms. The molecule has 1 aromatic carbocycles. The molecule has 0 unspecified atom stereocenters. The minimum atomic E-state index is -3.49. The average molecular weight is 400 g/mol. The molecule has 0 aromatic heterocycles. The summed E-state index contributed by atoms with van der Waals surface area (Å²) in [5, 5.41) is 6.43. The van der Waals surface area contributed by atoms with Gasteiger partial charge in [-0.3, -0.25) is 4.99 Å². The molecule has 7 nitrogen and oxygen atoms in total. The lowest BCUT2D eigenvalue weighted by molar-refractivity contribution is 0.222. The Balaban J connectivity index is 2.09. The summed E-state index contributed by atoms with van der Waals surface area (Å²) in [5.41, 5.74) is 0.749. The molecule has 0 atom stereocenters. The van der Waals surface area contributed by atoms with E-state index in [4.69, 9.17) is 0 Å². The van der Waals surface area contributed by atoms with E-state index in [1.54, 1.807) is 35.2 Å². The summed E-state index contributed by atoms with van der Waals surface area (Å²) < 4.78 is 27.7. The minimum absolute atomic E-state index is 0.372. The normalized spacial score (nSPS) is 17.3. The molecule has 1 saturated heterocycles. The summed E-state index contributed by atoms with van der Waals surface area (Å²) in [6.07, 6.45) is 2.05. The summed E-state index contributed by atoms with van der Waals surface area (Å²) >= 11 is 1.76. The van der Waals surface area contributed by atoms with Gasteiger partial charge in [-0.1, -0.05) is 18.2 Å². The molecule has 0 radical (unpaired) electrons. The summed E-state index contributed by atoms with van der Waals surface area (Å²) in [4.78, 5) is 6.70. The Morgan fingerprint density at radius 3 is 2.54 bits per heavy atom. The number of piperazine rings is 1. The maximum Gasteiger partial charge on any atom is 0.243 e. The summed E-state index contributed by atoms with van der Waals surface area (Å²) in [6, 6.07) is 7.18. The zero-order valence-corrected chi connectivity index (χ0v) is 17.4. The summed E-state index contributed by atoms with van der Waals surface area (Å²) in [7, 11) is 0.232. The van der Waals surface area contributed by atoms with Gasteiger partial charge in [-0.05, 0) is 24.9 Å². The number of sulfonamides is 1. The third-order valence-electron chi connectivity index (χ3n) is 4.32. The van der Waals surface area contributed by atoms with Crippen LogP contribution in [0, 0.1) is 0 Å². The topological polar surface area (TPSA) is 77.0 Å². The van der Waals surface area contributed by atoms with Crippen LogP contribution in [0.1, 0.15) is 5.56 Å². The Bertz CT molecular complexity index is 701. The molecule has 0 amide bonds. The number of rotatable bonds is 7. The van der Waals surface area contributed by atoms with Gasteiger partial charge < -0.3 is 15.5 Å². The largest absolute Gasteiger partial charge is 0.356 e. The Morgan fingerprint density at radius 2 is 1.88 bits per heavy atom. The van der Waals surface area contributed by atoms with Crippen LogP contribution in [-0.2, 0) is 16.6 Å². The van der Waals surface area contributed by atoms with Gasteiger partial charge in [-0.25, -0.2) is 8.42 Å². The van der Waals surface area contributed by atoms with Crippen LogP contribution in [0.15, 0.2) is 34.2 Å². The number of benzene rings is 1. The van der Waals surface area contributed by atoms with Gasteiger partial charge in [0.1, 0.15) is 0 Å². The van der Waals surface area contributed by atoms with Gasteiger partial charge in [-0.15, -0.1) is 0 Å². The molecular formula is C17H29N5O2S2. The van der Waals surface area contributed by atoms with Crippen LogP contribution < -0.4 is 10.6 Å². The lowest BCUT2D eigenvalue weighted by Crippen LogP contribution is -2.47. The molecule has 1 aromatic rings. The zero-order chi connectivity index (χ0) is 19.0. The van der Waals surface area contributed by atoms with Crippen molar-refractivity contribution in [3.8, 4) is 0 Å². The monoisotopic (exact) mass is 399 g/mol. The van der Waals surface area contributed by atoms with Gasteiger partial charge in [0.05, 0.1) is 4.90 Å². The predicted octanol–water partition coefficient (Wildman–Crippen LogP) is 0.651. The van der Waals surface area contributed by atoms with E-state index < -0.39 is 10.0 Å². The average Bonchev–Trinajstić information content (AvgIpc) is 2.65. The van der Waals surface area contributed by atoms with Crippen molar-refractivity contribution < 1.29 is 8.42 Å². The molecule has 2 rings (SSSR count). The highest BCUT2D eigenvalue weighted by Crippen LogP contribution is 2.21. The second kappa shape index (κ2) is 10.1. The summed E-state index contributed by atoms with van der Waals surface area (Å²) in [6.45, 7) is 3.78. The number of nitrogens with zero attached hydrogens (tertiary/aromatic N) is 3. The molecule has 0 spiro atoms. The highest BCUT2D eigenvalue weighted by molar-refractivity contribution is 7.98. The fraction of sp³-hybridized carbons (Fsp3) is 0.588. The minimum Gasteiger partial charge on any atom is -0.356 e. The van der Waals surface area contributed by atoms with Gasteiger partial charge in [0.15, 0.2) is 5.96 Å². The van der Waals surface area contributed by atoms with E-state index in [0.29, 0.717) is 30.5 Å². The van der Waals surface area contributed by atoms with Crippen molar-refractivity contribution in [2.24, 2.45) is 4.99 Å². The summed E-state index contributed by atoms with van der Waals surface area (Å²) in [5.74, 6) is 1.65. The maximum atomic E-state index is 13.1. The SMILES string of the molecule is CN=C(NCCSC)NCc1ccccc1S(=O)(=O)N1CCN(C)CC1. The van der Waals surface area contributed by atoms with E-state index in [2.05, 4.69) is 26.8 Å². The smallest absolute Gasteiger partial charge is 0.243 e. The first-order valence-electron chi connectivity index (χ1n) is 8.69. The van der Waals surface area contributed by atoms with E-state index in [9.17, 15) is 8.42 Å². The van der Waals surface area contributed by atoms with E-state index in [1.165, 1.54) is 0 Å². The van der Waals surface area contributed by atoms with Gasteiger partial charge in [0.25, 0.3) is 0 Å². The standard InChI is InChI=1S/C17H29N5O2S2/c1-18-17(19-8-13-25-3)20-14-15-6-4-5-7-16(15)26(23,24)22-11-9-21(2)10-12-22/h4-7H,8-14H2,1-3H3,(H2,18,19,20). The number of hydrogen-bond donors (Lipinski definition) is 2. The number of guanidine groups is 1. The fourth-order valence-corrected chi connectivity index (χ4v) is 4.69. The quantitative estimate of drug-likeness (QED) is 0.398. The van der Waals surface area contributed by atoms with Crippen LogP contribution in [0.4, 0.5) is 0 Å². The fourth-order valence-electron chi connectivity index (χ4n) is 2.74. The molecule has 2 N–H and O–H groups in total. The third-order valence-corrected chi connectivity index (χ3v) is 6.93.